The number of rotatable bonds is 3. The third-order valence-corrected chi connectivity index (χ3v) is 15.1. The van der Waals surface area contributed by atoms with Gasteiger partial charge in [-0.05, 0) is 126 Å². The fourth-order valence-electron chi connectivity index (χ4n) is 13.0. The Morgan fingerprint density at radius 3 is 2.21 bits per heavy atom. The van der Waals surface area contributed by atoms with E-state index in [2.05, 4.69) is 151 Å². The molecular formula is C54H50N2. The third-order valence-electron chi connectivity index (χ3n) is 15.1. The summed E-state index contributed by atoms with van der Waals surface area (Å²) >= 11 is 0. The zero-order valence-corrected chi connectivity index (χ0v) is 32.3. The molecule has 1 heterocycles. The number of benzene rings is 3. The van der Waals surface area contributed by atoms with Crippen LogP contribution in [-0.4, -0.2) is 11.9 Å². The lowest BCUT2D eigenvalue weighted by molar-refractivity contribution is 0.394. The Bertz CT molecular complexity index is 2450. The molecule has 2 nitrogen and oxygen atoms in total. The van der Waals surface area contributed by atoms with Crippen LogP contribution in [0.4, 0.5) is 0 Å². The molecule has 0 fully saturated rings. The molecule has 5 unspecified atom stereocenters. The molecule has 3 aromatic carbocycles. The van der Waals surface area contributed by atoms with Gasteiger partial charge < -0.3 is 5.32 Å². The highest BCUT2D eigenvalue weighted by molar-refractivity contribution is 5.93. The maximum Gasteiger partial charge on any atom is 0.105 e. The van der Waals surface area contributed by atoms with Crippen molar-refractivity contribution in [3.05, 3.63) is 207 Å². The highest BCUT2D eigenvalue weighted by Crippen LogP contribution is 2.70. The molecule has 0 radical (unpaired) electrons. The van der Waals surface area contributed by atoms with Crippen molar-refractivity contribution in [2.45, 2.75) is 81.1 Å². The van der Waals surface area contributed by atoms with Crippen LogP contribution in [-0.2, 0) is 10.8 Å². The van der Waals surface area contributed by atoms with Crippen LogP contribution in [0.25, 0.3) is 5.57 Å². The predicted octanol–water partition coefficient (Wildman–Crippen LogP) is 12.1. The second-order valence-corrected chi connectivity index (χ2v) is 17.6. The molecule has 0 amide bonds. The zero-order chi connectivity index (χ0) is 36.8. The molecule has 2 spiro atoms. The number of nitrogens with one attached hydrogen (secondary N) is 1. The van der Waals surface area contributed by atoms with Crippen molar-refractivity contribution in [1.29, 1.82) is 0 Å². The number of nitrogens with zero attached hydrogens (tertiary/aromatic N) is 1. The van der Waals surface area contributed by atoms with Crippen molar-refractivity contribution >= 4 is 11.4 Å². The van der Waals surface area contributed by atoms with Crippen LogP contribution in [0.2, 0.25) is 0 Å². The third kappa shape index (κ3) is 4.42. The van der Waals surface area contributed by atoms with Crippen LogP contribution in [0.3, 0.4) is 0 Å². The quantitative estimate of drug-likeness (QED) is 0.267. The molecule has 1 aliphatic heterocycles. The Balaban J connectivity index is 1.05. The Labute approximate surface area is 332 Å². The minimum Gasteiger partial charge on any atom is -0.347 e. The van der Waals surface area contributed by atoms with Gasteiger partial charge in [-0.1, -0.05) is 145 Å². The summed E-state index contributed by atoms with van der Waals surface area (Å²) in [5.74, 6) is 2.71. The number of hydrogen-bond acceptors (Lipinski definition) is 2. The smallest absolute Gasteiger partial charge is 0.105 e. The summed E-state index contributed by atoms with van der Waals surface area (Å²) in [5.41, 5.74) is 17.6. The molecular weight excluding hydrogens is 677 g/mol. The molecule has 8 aliphatic carbocycles. The van der Waals surface area contributed by atoms with Crippen LogP contribution in [0.15, 0.2) is 179 Å². The number of allylic oxidation sites excluding steroid dienone is 14. The van der Waals surface area contributed by atoms with Gasteiger partial charge >= 0.3 is 0 Å². The number of hydrogen-bond donors (Lipinski definition) is 1. The lowest BCUT2D eigenvalue weighted by Gasteiger charge is -2.52. The van der Waals surface area contributed by atoms with Crippen molar-refractivity contribution in [2.75, 3.05) is 0 Å². The molecule has 0 aromatic heterocycles. The molecule has 12 rings (SSSR count). The van der Waals surface area contributed by atoms with Gasteiger partial charge in [0, 0.05) is 34.8 Å². The van der Waals surface area contributed by atoms with Crippen LogP contribution < -0.4 is 5.32 Å². The largest absolute Gasteiger partial charge is 0.347 e. The van der Waals surface area contributed by atoms with Crippen LogP contribution in [0, 0.1) is 23.7 Å². The Morgan fingerprint density at radius 1 is 0.661 bits per heavy atom. The minimum atomic E-state index is -0.353. The number of fused-ring (bicyclic) bond motifs is 14. The zero-order valence-electron chi connectivity index (χ0n) is 32.3. The van der Waals surface area contributed by atoms with Gasteiger partial charge in [0.05, 0.1) is 11.5 Å². The van der Waals surface area contributed by atoms with E-state index in [0.717, 1.165) is 44.9 Å². The molecule has 5 atom stereocenters. The topological polar surface area (TPSA) is 24.4 Å². The molecule has 0 saturated heterocycles. The minimum absolute atomic E-state index is 0.0779. The molecule has 0 saturated carbocycles. The van der Waals surface area contributed by atoms with Crippen molar-refractivity contribution in [1.82, 2.24) is 5.32 Å². The summed E-state index contributed by atoms with van der Waals surface area (Å²) in [6.45, 7) is 0. The van der Waals surface area contributed by atoms with Crippen molar-refractivity contribution in [2.24, 2.45) is 28.7 Å². The fourth-order valence-corrected chi connectivity index (χ4v) is 13.0. The second kappa shape index (κ2) is 12.7. The van der Waals surface area contributed by atoms with Crippen molar-refractivity contribution < 1.29 is 0 Å². The van der Waals surface area contributed by atoms with Gasteiger partial charge in [0.2, 0.25) is 0 Å². The maximum atomic E-state index is 5.64. The first-order valence-corrected chi connectivity index (χ1v) is 21.6. The van der Waals surface area contributed by atoms with E-state index in [1.165, 1.54) is 69.7 Å². The van der Waals surface area contributed by atoms with Gasteiger partial charge in [0.1, 0.15) is 5.84 Å². The lowest BCUT2D eigenvalue weighted by Crippen LogP contribution is -2.48. The van der Waals surface area contributed by atoms with Gasteiger partial charge in [-0.3, -0.25) is 4.99 Å². The standard InChI is InChI=1S/C54H50N2/c1-3-17-35(18-4-1)50-34-51(36-19-5-2-6-20-36)56-52(55-50)37-31-32-41-40-23-9-12-26-44(40)54(49(41)33-37)47-29-15-13-27-45(47)53(46-28-14-16-30-48(46)54)42-24-10-7-21-38(42)39-22-8-11-25-43(39)53/h3,5,7-10,12-19,21-24,26-30,34,36-38,42,50H,1-2,4,6,11,20,25,31-33H2,(H,55,56). The summed E-state index contributed by atoms with van der Waals surface area (Å²) in [6, 6.07) is 29.0. The monoisotopic (exact) mass is 726 g/mol. The van der Waals surface area contributed by atoms with Gasteiger partial charge in [0.25, 0.3) is 0 Å². The van der Waals surface area contributed by atoms with E-state index in [1.54, 1.807) is 22.3 Å². The maximum absolute atomic E-state index is 5.64. The first-order chi connectivity index (χ1) is 27.8. The van der Waals surface area contributed by atoms with Gasteiger partial charge in [0.15, 0.2) is 0 Å². The molecule has 2 heteroatoms. The van der Waals surface area contributed by atoms with E-state index in [0.29, 0.717) is 23.7 Å². The Hall–Kier alpha value is -5.21. The summed E-state index contributed by atoms with van der Waals surface area (Å²) in [5, 5.41) is 4.05. The molecule has 56 heavy (non-hydrogen) atoms. The van der Waals surface area contributed by atoms with Gasteiger partial charge in [-0.25, -0.2) is 0 Å². The highest BCUT2D eigenvalue weighted by atomic mass is 15.1. The molecule has 1 N–H and O–H groups in total. The SMILES string of the molecule is C1=CC2C3=C(CCC=C3)C3(c4ccccc4C4(C5=C(CCC(C6=NC(C7=CCCC=C7)C=C(C7C=CCCC7)N6)C5)c5ccccc54)c4ccccc43)C2C=C1. The second-order valence-electron chi connectivity index (χ2n) is 17.6. The van der Waals surface area contributed by atoms with E-state index in [-0.39, 0.29) is 16.9 Å². The summed E-state index contributed by atoms with van der Waals surface area (Å²) in [6.07, 6.45) is 40.3. The van der Waals surface area contributed by atoms with Crippen LogP contribution >= 0.6 is 0 Å². The number of amidine groups is 1. The van der Waals surface area contributed by atoms with E-state index in [9.17, 15) is 0 Å². The van der Waals surface area contributed by atoms with E-state index in [4.69, 9.17) is 4.99 Å². The Kier molecular flexibility index (Phi) is 7.45. The van der Waals surface area contributed by atoms with Gasteiger partial charge in [-0.2, -0.15) is 0 Å². The van der Waals surface area contributed by atoms with E-state index in [1.807, 2.05) is 0 Å². The average molecular weight is 727 g/mol. The summed E-state index contributed by atoms with van der Waals surface area (Å²) in [4.78, 5) is 5.64. The number of aliphatic imine (C=N–C) groups is 1. The predicted molar refractivity (Wildman–Crippen MR) is 230 cm³/mol. The van der Waals surface area contributed by atoms with Crippen LogP contribution in [0.1, 0.15) is 97.6 Å². The fraction of sp³-hybridized carbons (Fsp3) is 0.315. The molecule has 276 valence electrons. The van der Waals surface area contributed by atoms with Crippen molar-refractivity contribution in [3.8, 4) is 0 Å². The first kappa shape index (κ1) is 33.0. The first-order valence-electron chi connectivity index (χ1n) is 21.6. The summed E-state index contributed by atoms with van der Waals surface area (Å²) in [7, 11) is 0. The molecule has 9 aliphatic rings. The van der Waals surface area contributed by atoms with E-state index < -0.39 is 0 Å². The summed E-state index contributed by atoms with van der Waals surface area (Å²) < 4.78 is 0. The lowest BCUT2D eigenvalue weighted by atomic mass is 9.49. The normalized spacial score (nSPS) is 32.9. The van der Waals surface area contributed by atoms with Gasteiger partial charge in [-0.15, -0.1) is 0 Å². The molecule has 0 bridgehead atoms. The van der Waals surface area contributed by atoms with Crippen molar-refractivity contribution in [3.63, 3.8) is 0 Å². The highest BCUT2D eigenvalue weighted by Gasteiger charge is 2.62. The molecule has 3 aromatic rings. The van der Waals surface area contributed by atoms with E-state index >= 15 is 0 Å². The van der Waals surface area contributed by atoms with Crippen LogP contribution in [0.5, 0.6) is 0 Å². The Morgan fingerprint density at radius 2 is 1.43 bits per heavy atom. The average Bonchev–Trinajstić information content (AvgIpc) is 3.74.